The zero-order valence-electron chi connectivity index (χ0n) is 12.6. The molecule has 23 heavy (non-hydrogen) atoms. The SMILES string of the molecule is O=C(c1cscn1)N1CCN(Cc2ccc3c(c2)OCO3)CC1. The summed E-state index contributed by atoms with van der Waals surface area (Å²) in [5.41, 5.74) is 3.45. The van der Waals surface area contributed by atoms with E-state index in [1.807, 2.05) is 17.0 Å². The summed E-state index contributed by atoms with van der Waals surface area (Å²) in [6, 6.07) is 6.06. The molecule has 7 heteroatoms. The van der Waals surface area contributed by atoms with Crippen LogP contribution in [0.15, 0.2) is 29.1 Å². The largest absolute Gasteiger partial charge is 0.454 e. The molecule has 0 unspecified atom stereocenters. The number of piperazine rings is 1. The van der Waals surface area contributed by atoms with Gasteiger partial charge < -0.3 is 14.4 Å². The first-order chi connectivity index (χ1) is 11.3. The van der Waals surface area contributed by atoms with Gasteiger partial charge in [0.25, 0.3) is 5.91 Å². The minimum Gasteiger partial charge on any atom is -0.454 e. The summed E-state index contributed by atoms with van der Waals surface area (Å²) >= 11 is 1.45. The Balaban J connectivity index is 1.34. The molecule has 0 aliphatic carbocycles. The highest BCUT2D eigenvalue weighted by Crippen LogP contribution is 2.32. The minimum absolute atomic E-state index is 0.0361. The number of thiazole rings is 1. The number of hydrogen-bond donors (Lipinski definition) is 0. The van der Waals surface area contributed by atoms with E-state index >= 15 is 0 Å². The van der Waals surface area contributed by atoms with Gasteiger partial charge in [-0.2, -0.15) is 0 Å². The number of benzene rings is 1. The smallest absolute Gasteiger partial charge is 0.273 e. The van der Waals surface area contributed by atoms with Crippen molar-refractivity contribution in [3.05, 3.63) is 40.3 Å². The van der Waals surface area contributed by atoms with Gasteiger partial charge in [0.15, 0.2) is 11.5 Å². The molecule has 1 amide bonds. The van der Waals surface area contributed by atoms with Crippen molar-refractivity contribution in [1.29, 1.82) is 0 Å². The molecule has 0 bridgehead atoms. The van der Waals surface area contributed by atoms with Gasteiger partial charge in [-0.05, 0) is 17.7 Å². The lowest BCUT2D eigenvalue weighted by Crippen LogP contribution is -2.48. The van der Waals surface area contributed by atoms with Crippen LogP contribution >= 0.6 is 11.3 Å². The second kappa shape index (κ2) is 6.17. The lowest BCUT2D eigenvalue weighted by Gasteiger charge is -2.34. The van der Waals surface area contributed by atoms with Crippen LogP contribution in [-0.4, -0.2) is 53.7 Å². The van der Waals surface area contributed by atoms with Crippen LogP contribution in [0.4, 0.5) is 0 Å². The Morgan fingerprint density at radius 2 is 2.00 bits per heavy atom. The fraction of sp³-hybridized carbons (Fsp3) is 0.375. The van der Waals surface area contributed by atoms with Crippen LogP contribution in [0.5, 0.6) is 11.5 Å². The Bertz CT molecular complexity index is 697. The number of aromatic nitrogens is 1. The molecule has 1 aromatic carbocycles. The van der Waals surface area contributed by atoms with Gasteiger partial charge in [-0.1, -0.05) is 6.07 Å². The van der Waals surface area contributed by atoms with Crippen molar-refractivity contribution in [2.75, 3.05) is 33.0 Å². The maximum atomic E-state index is 12.3. The molecule has 0 atom stereocenters. The summed E-state index contributed by atoms with van der Waals surface area (Å²) in [6.45, 7) is 4.36. The maximum Gasteiger partial charge on any atom is 0.273 e. The number of carbonyl (C=O) groups excluding carboxylic acids is 1. The molecule has 1 saturated heterocycles. The average molecular weight is 331 g/mol. The van der Waals surface area contributed by atoms with E-state index in [4.69, 9.17) is 9.47 Å². The van der Waals surface area contributed by atoms with Crippen molar-refractivity contribution >= 4 is 17.2 Å². The Labute approximate surface area is 138 Å². The number of hydrogen-bond acceptors (Lipinski definition) is 6. The number of ether oxygens (including phenoxy) is 2. The molecule has 120 valence electrons. The normalized spacial score (nSPS) is 17.5. The molecule has 0 radical (unpaired) electrons. The molecule has 1 fully saturated rings. The first-order valence-corrected chi connectivity index (χ1v) is 8.52. The fourth-order valence-electron chi connectivity index (χ4n) is 2.89. The highest BCUT2D eigenvalue weighted by Gasteiger charge is 2.23. The highest BCUT2D eigenvalue weighted by atomic mass is 32.1. The first kappa shape index (κ1) is 14.5. The van der Waals surface area contributed by atoms with Gasteiger partial charge in [-0.25, -0.2) is 4.98 Å². The number of amides is 1. The highest BCUT2D eigenvalue weighted by molar-refractivity contribution is 7.07. The van der Waals surface area contributed by atoms with E-state index in [1.165, 1.54) is 16.9 Å². The lowest BCUT2D eigenvalue weighted by atomic mass is 10.1. The summed E-state index contributed by atoms with van der Waals surface area (Å²) in [5.74, 6) is 1.67. The third-order valence-electron chi connectivity index (χ3n) is 4.15. The number of nitrogens with zero attached hydrogens (tertiary/aromatic N) is 3. The summed E-state index contributed by atoms with van der Waals surface area (Å²) < 4.78 is 10.8. The second-order valence-corrected chi connectivity index (χ2v) is 6.35. The lowest BCUT2D eigenvalue weighted by molar-refractivity contribution is 0.0623. The van der Waals surface area contributed by atoms with Crippen molar-refractivity contribution in [2.24, 2.45) is 0 Å². The molecule has 0 N–H and O–H groups in total. The number of carbonyl (C=O) groups is 1. The average Bonchev–Trinajstić information content (AvgIpc) is 3.26. The van der Waals surface area contributed by atoms with E-state index in [1.54, 1.807) is 10.9 Å². The predicted molar refractivity (Wildman–Crippen MR) is 85.9 cm³/mol. The number of fused-ring (bicyclic) bond motifs is 1. The molecule has 0 saturated carbocycles. The Morgan fingerprint density at radius 1 is 1.17 bits per heavy atom. The van der Waals surface area contributed by atoms with Gasteiger partial charge in [0.1, 0.15) is 5.69 Å². The molecule has 1 aromatic heterocycles. The zero-order chi connectivity index (χ0) is 15.6. The van der Waals surface area contributed by atoms with Crippen LogP contribution in [0.1, 0.15) is 16.1 Å². The third-order valence-corrected chi connectivity index (χ3v) is 4.74. The maximum absolute atomic E-state index is 12.3. The van der Waals surface area contributed by atoms with E-state index in [0.29, 0.717) is 12.5 Å². The topological polar surface area (TPSA) is 54.9 Å². The molecule has 6 nitrogen and oxygen atoms in total. The monoisotopic (exact) mass is 331 g/mol. The summed E-state index contributed by atoms with van der Waals surface area (Å²) in [4.78, 5) is 20.6. The van der Waals surface area contributed by atoms with Crippen LogP contribution in [-0.2, 0) is 6.54 Å². The summed E-state index contributed by atoms with van der Waals surface area (Å²) in [6.07, 6.45) is 0. The van der Waals surface area contributed by atoms with Gasteiger partial charge >= 0.3 is 0 Å². The van der Waals surface area contributed by atoms with Crippen LogP contribution < -0.4 is 9.47 Å². The Morgan fingerprint density at radius 3 is 2.78 bits per heavy atom. The minimum atomic E-state index is 0.0361. The third kappa shape index (κ3) is 3.02. The van der Waals surface area contributed by atoms with Gasteiger partial charge in [0.2, 0.25) is 6.79 Å². The van der Waals surface area contributed by atoms with Crippen molar-refractivity contribution in [3.8, 4) is 11.5 Å². The van der Waals surface area contributed by atoms with Crippen molar-refractivity contribution in [2.45, 2.75) is 6.54 Å². The van der Waals surface area contributed by atoms with Crippen molar-refractivity contribution in [3.63, 3.8) is 0 Å². The van der Waals surface area contributed by atoms with Crippen molar-refractivity contribution < 1.29 is 14.3 Å². The van der Waals surface area contributed by atoms with E-state index in [-0.39, 0.29) is 5.91 Å². The Kier molecular flexibility index (Phi) is 3.88. The molecule has 4 rings (SSSR count). The van der Waals surface area contributed by atoms with Gasteiger partial charge in [-0.15, -0.1) is 11.3 Å². The molecule has 2 aromatic rings. The molecular weight excluding hydrogens is 314 g/mol. The standard InChI is InChI=1S/C16H17N3O3S/c20-16(13-9-23-10-17-13)19-5-3-18(4-6-19)8-12-1-2-14-15(7-12)22-11-21-14/h1-2,7,9-10H,3-6,8,11H2. The van der Waals surface area contributed by atoms with Gasteiger partial charge in [0, 0.05) is 38.1 Å². The Hall–Kier alpha value is -2.12. The van der Waals surface area contributed by atoms with Crippen molar-refractivity contribution in [1.82, 2.24) is 14.8 Å². The van der Waals surface area contributed by atoms with Crippen LogP contribution in [0.25, 0.3) is 0 Å². The second-order valence-electron chi connectivity index (χ2n) is 5.63. The fourth-order valence-corrected chi connectivity index (χ4v) is 3.41. The van der Waals surface area contributed by atoms with E-state index < -0.39 is 0 Å². The van der Waals surface area contributed by atoms with Crippen LogP contribution in [0.2, 0.25) is 0 Å². The van der Waals surface area contributed by atoms with E-state index in [9.17, 15) is 4.79 Å². The van der Waals surface area contributed by atoms with Gasteiger partial charge in [-0.3, -0.25) is 9.69 Å². The number of rotatable bonds is 3. The zero-order valence-corrected chi connectivity index (χ0v) is 13.4. The molecule has 0 spiro atoms. The predicted octanol–water partition coefficient (Wildman–Crippen LogP) is 1.83. The molecule has 3 heterocycles. The molecule has 2 aliphatic heterocycles. The van der Waals surface area contributed by atoms with Crippen LogP contribution in [0.3, 0.4) is 0 Å². The first-order valence-electron chi connectivity index (χ1n) is 7.58. The van der Waals surface area contributed by atoms with E-state index in [0.717, 1.165) is 44.2 Å². The quantitative estimate of drug-likeness (QED) is 0.859. The van der Waals surface area contributed by atoms with Gasteiger partial charge in [0.05, 0.1) is 5.51 Å². The molecule has 2 aliphatic rings. The summed E-state index contributed by atoms with van der Waals surface area (Å²) in [5, 5.41) is 1.81. The van der Waals surface area contributed by atoms with Crippen LogP contribution in [0, 0.1) is 0 Å². The summed E-state index contributed by atoms with van der Waals surface area (Å²) in [7, 11) is 0. The molecular formula is C16H17N3O3S. The van der Waals surface area contributed by atoms with E-state index in [2.05, 4.69) is 16.0 Å².